The van der Waals surface area contributed by atoms with Crippen molar-refractivity contribution in [1.29, 1.82) is 0 Å². The Bertz CT molecular complexity index is 971. The minimum atomic E-state index is -0.625. The van der Waals surface area contributed by atoms with Crippen molar-refractivity contribution in [2.75, 3.05) is 26.8 Å². The minimum absolute atomic E-state index is 0.168. The van der Waals surface area contributed by atoms with E-state index in [9.17, 15) is 9.90 Å². The van der Waals surface area contributed by atoms with Gasteiger partial charge >= 0.3 is 6.09 Å². The van der Waals surface area contributed by atoms with Gasteiger partial charge in [-0.05, 0) is 25.1 Å². The molecule has 0 aliphatic carbocycles. The van der Waals surface area contributed by atoms with Gasteiger partial charge in [0.05, 0.1) is 32.6 Å². The van der Waals surface area contributed by atoms with Crippen molar-refractivity contribution < 1.29 is 24.1 Å². The highest BCUT2D eigenvalue weighted by Gasteiger charge is 2.21. The van der Waals surface area contributed by atoms with Gasteiger partial charge in [0, 0.05) is 34.3 Å². The number of anilines is 1. The van der Waals surface area contributed by atoms with Gasteiger partial charge in [-0.25, -0.2) is 10.2 Å². The maximum atomic E-state index is 11.3. The summed E-state index contributed by atoms with van der Waals surface area (Å²) in [6.45, 7) is 1.94. The Hall–Kier alpha value is -3.55. The highest BCUT2D eigenvalue weighted by molar-refractivity contribution is 6.01. The molecule has 0 saturated carbocycles. The van der Waals surface area contributed by atoms with Crippen molar-refractivity contribution in [1.82, 2.24) is 10.4 Å². The normalized spacial score (nSPS) is 10.5. The number of hydrazine groups is 1. The second kappa shape index (κ2) is 7.36. The van der Waals surface area contributed by atoms with E-state index in [0.717, 1.165) is 27.7 Å². The Kier molecular flexibility index (Phi) is 4.98. The predicted octanol–water partition coefficient (Wildman–Crippen LogP) is 3.55. The van der Waals surface area contributed by atoms with Gasteiger partial charge in [0.2, 0.25) is 0 Å². The van der Waals surface area contributed by atoms with Gasteiger partial charge in [-0.1, -0.05) is 0 Å². The monoisotopic (exact) mass is 371 g/mol. The number of methoxy groups -OCH3 is 3. The first kappa shape index (κ1) is 18.2. The highest BCUT2D eigenvalue weighted by atomic mass is 16.5. The lowest BCUT2D eigenvalue weighted by atomic mass is 9.99. The van der Waals surface area contributed by atoms with Crippen LogP contribution in [0.5, 0.6) is 17.2 Å². The molecule has 3 rings (SSSR count). The average Bonchev–Trinajstić information content (AvgIpc) is 2.99. The SMILES string of the molecule is COC(=O)NNc1cc(OC)c(-c2c(C)[nH]c3ccc(O)cc23)c(OC)c1. The summed E-state index contributed by atoms with van der Waals surface area (Å²) in [5, 5.41) is 10.8. The topological polar surface area (TPSA) is 105 Å². The lowest BCUT2D eigenvalue weighted by molar-refractivity contribution is 0.173. The molecule has 0 aliphatic heterocycles. The van der Waals surface area contributed by atoms with Gasteiger partial charge in [-0.3, -0.25) is 5.43 Å². The van der Waals surface area contributed by atoms with Gasteiger partial charge in [-0.2, -0.15) is 0 Å². The lowest BCUT2D eigenvalue weighted by Crippen LogP contribution is -2.29. The minimum Gasteiger partial charge on any atom is -0.508 e. The lowest BCUT2D eigenvalue weighted by Gasteiger charge is -2.17. The molecule has 0 fully saturated rings. The number of aryl methyl sites for hydroxylation is 1. The Labute approximate surface area is 156 Å². The molecule has 1 amide bonds. The van der Waals surface area contributed by atoms with E-state index in [0.29, 0.717) is 17.2 Å². The smallest absolute Gasteiger partial charge is 0.425 e. The van der Waals surface area contributed by atoms with E-state index in [2.05, 4.69) is 20.6 Å². The number of aromatic nitrogens is 1. The largest absolute Gasteiger partial charge is 0.508 e. The number of aromatic hydroxyl groups is 1. The third kappa shape index (κ3) is 3.41. The second-order valence-electron chi connectivity index (χ2n) is 5.85. The first-order chi connectivity index (χ1) is 13.0. The highest BCUT2D eigenvalue weighted by Crippen LogP contribution is 2.45. The number of hydrogen-bond donors (Lipinski definition) is 4. The number of amides is 1. The Balaban J connectivity index is 2.17. The fourth-order valence-corrected chi connectivity index (χ4v) is 3.04. The molecule has 2 aromatic carbocycles. The molecular formula is C19H21N3O5. The van der Waals surface area contributed by atoms with Crippen LogP contribution in [0.4, 0.5) is 10.5 Å². The molecule has 0 spiro atoms. The van der Waals surface area contributed by atoms with Gasteiger partial charge in [-0.15, -0.1) is 0 Å². The summed E-state index contributed by atoms with van der Waals surface area (Å²) in [4.78, 5) is 14.6. The van der Waals surface area contributed by atoms with Crippen LogP contribution in [0.2, 0.25) is 0 Å². The van der Waals surface area contributed by atoms with Crippen molar-refractivity contribution in [2.45, 2.75) is 6.92 Å². The van der Waals surface area contributed by atoms with Crippen LogP contribution in [-0.4, -0.2) is 37.5 Å². The van der Waals surface area contributed by atoms with Gasteiger partial charge in [0.15, 0.2) is 0 Å². The molecule has 0 bridgehead atoms. The summed E-state index contributed by atoms with van der Waals surface area (Å²) in [7, 11) is 4.38. The van der Waals surface area contributed by atoms with Crippen LogP contribution < -0.4 is 20.3 Å². The quantitative estimate of drug-likeness (QED) is 0.511. The molecular weight excluding hydrogens is 350 g/mol. The fraction of sp³-hybridized carbons (Fsp3) is 0.211. The molecule has 27 heavy (non-hydrogen) atoms. The van der Waals surface area contributed by atoms with Crippen molar-refractivity contribution in [3.05, 3.63) is 36.0 Å². The van der Waals surface area contributed by atoms with Gasteiger partial charge < -0.3 is 24.3 Å². The fourth-order valence-electron chi connectivity index (χ4n) is 3.04. The first-order valence-electron chi connectivity index (χ1n) is 8.16. The number of aromatic amines is 1. The maximum Gasteiger partial charge on any atom is 0.425 e. The number of nitrogens with one attached hydrogen (secondary N) is 3. The van der Waals surface area contributed by atoms with Crippen molar-refractivity contribution >= 4 is 22.7 Å². The standard InChI is InChI=1S/C19H21N3O5/c1-10-17(13-9-12(23)5-6-14(13)20-10)18-15(25-2)7-11(8-16(18)26-3)21-22-19(24)27-4/h5-9,20-21,23H,1-4H3,(H,22,24). The third-order valence-electron chi connectivity index (χ3n) is 4.22. The zero-order chi connectivity index (χ0) is 19.6. The Morgan fingerprint density at radius 1 is 1.04 bits per heavy atom. The predicted molar refractivity (Wildman–Crippen MR) is 102 cm³/mol. The van der Waals surface area contributed by atoms with Crippen LogP contribution in [0.1, 0.15) is 5.69 Å². The van der Waals surface area contributed by atoms with Crippen molar-refractivity contribution in [3.63, 3.8) is 0 Å². The number of carbonyl (C=O) groups excluding carboxylic acids is 1. The number of hydrogen-bond acceptors (Lipinski definition) is 6. The summed E-state index contributed by atoms with van der Waals surface area (Å²) in [5.41, 5.74) is 9.08. The van der Waals surface area contributed by atoms with Crippen molar-refractivity contribution in [2.24, 2.45) is 0 Å². The molecule has 0 unspecified atom stereocenters. The number of phenols is 1. The molecule has 8 nitrogen and oxygen atoms in total. The number of benzene rings is 2. The Morgan fingerprint density at radius 3 is 2.30 bits per heavy atom. The summed E-state index contributed by atoms with van der Waals surface area (Å²) in [5.74, 6) is 1.24. The van der Waals surface area contributed by atoms with E-state index >= 15 is 0 Å². The van der Waals surface area contributed by atoms with Crippen LogP contribution in [-0.2, 0) is 4.74 Å². The molecule has 3 aromatic rings. The number of carbonyl (C=O) groups is 1. The molecule has 0 atom stereocenters. The molecule has 4 N–H and O–H groups in total. The number of ether oxygens (including phenoxy) is 3. The number of phenolic OH excluding ortho intramolecular Hbond substituents is 1. The second-order valence-corrected chi connectivity index (χ2v) is 5.85. The zero-order valence-corrected chi connectivity index (χ0v) is 15.5. The Morgan fingerprint density at radius 2 is 1.70 bits per heavy atom. The zero-order valence-electron chi connectivity index (χ0n) is 15.5. The molecule has 1 aromatic heterocycles. The average molecular weight is 371 g/mol. The summed E-state index contributed by atoms with van der Waals surface area (Å²) in [6, 6.07) is 8.60. The van der Waals surface area contributed by atoms with Crippen LogP contribution in [0, 0.1) is 6.92 Å². The summed E-state index contributed by atoms with van der Waals surface area (Å²) < 4.78 is 15.7. The van der Waals surface area contributed by atoms with Gasteiger partial charge in [0.1, 0.15) is 17.2 Å². The first-order valence-corrected chi connectivity index (χ1v) is 8.16. The van der Waals surface area contributed by atoms with Crippen LogP contribution >= 0.6 is 0 Å². The van der Waals surface area contributed by atoms with Crippen LogP contribution in [0.25, 0.3) is 22.0 Å². The molecule has 142 valence electrons. The van der Waals surface area contributed by atoms with Crippen molar-refractivity contribution in [3.8, 4) is 28.4 Å². The number of rotatable bonds is 5. The van der Waals surface area contributed by atoms with E-state index in [1.807, 2.05) is 13.0 Å². The molecule has 8 heteroatoms. The molecule has 0 saturated heterocycles. The van der Waals surface area contributed by atoms with Crippen LogP contribution in [0.15, 0.2) is 30.3 Å². The third-order valence-corrected chi connectivity index (χ3v) is 4.22. The molecule has 1 heterocycles. The van der Waals surface area contributed by atoms with E-state index in [1.54, 1.807) is 38.5 Å². The number of H-pyrrole nitrogens is 1. The summed E-state index contributed by atoms with van der Waals surface area (Å²) >= 11 is 0. The number of fused-ring (bicyclic) bond motifs is 1. The molecule has 0 aliphatic rings. The molecule has 0 radical (unpaired) electrons. The summed E-state index contributed by atoms with van der Waals surface area (Å²) in [6.07, 6.45) is -0.625. The van der Waals surface area contributed by atoms with E-state index in [-0.39, 0.29) is 5.75 Å². The van der Waals surface area contributed by atoms with Crippen LogP contribution in [0.3, 0.4) is 0 Å². The van der Waals surface area contributed by atoms with E-state index in [1.165, 1.54) is 7.11 Å². The van der Waals surface area contributed by atoms with E-state index in [4.69, 9.17) is 9.47 Å². The maximum absolute atomic E-state index is 11.3. The van der Waals surface area contributed by atoms with Gasteiger partial charge in [0.25, 0.3) is 0 Å². The van der Waals surface area contributed by atoms with E-state index < -0.39 is 6.09 Å².